The molecular formula is C19H30N4O3. The van der Waals surface area contributed by atoms with Crippen molar-refractivity contribution in [2.24, 2.45) is 0 Å². The number of hydrogen-bond donors (Lipinski definition) is 2. The van der Waals surface area contributed by atoms with E-state index in [4.69, 9.17) is 4.74 Å². The maximum absolute atomic E-state index is 12.2. The Labute approximate surface area is 155 Å². The number of piperazine rings is 1. The Morgan fingerprint density at radius 3 is 2.27 bits per heavy atom. The fourth-order valence-electron chi connectivity index (χ4n) is 2.90. The van der Waals surface area contributed by atoms with Gasteiger partial charge >= 0.3 is 6.09 Å². The Kier molecular flexibility index (Phi) is 6.85. The third-order valence-electron chi connectivity index (χ3n) is 4.19. The predicted octanol–water partition coefficient (Wildman–Crippen LogP) is 1.45. The Hall–Kier alpha value is -2.28. The Morgan fingerprint density at radius 1 is 1.12 bits per heavy atom. The van der Waals surface area contributed by atoms with Crippen molar-refractivity contribution in [3.8, 4) is 0 Å². The standard InChI is InChI=1S/C19H30N4O3/c1-19(2,3)26-18(25)21-16(17(24)20-4)14-22-10-12-23(13-11-22)15-8-6-5-7-9-15/h5-9,16H,10-14H2,1-4H3,(H,20,24)(H,21,25)/t16-/m0/s1. The van der Waals surface area contributed by atoms with E-state index in [2.05, 4.69) is 32.6 Å². The number of carbonyl (C=O) groups is 2. The number of likely N-dealkylation sites (N-methyl/N-ethyl adjacent to an activating group) is 1. The molecule has 1 fully saturated rings. The van der Waals surface area contributed by atoms with Gasteiger partial charge in [-0.3, -0.25) is 9.69 Å². The van der Waals surface area contributed by atoms with Gasteiger partial charge < -0.3 is 20.3 Å². The first-order valence-electron chi connectivity index (χ1n) is 9.02. The van der Waals surface area contributed by atoms with Gasteiger partial charge in [0, 0.05) is 45.5 Å². The van der Waals surface area contributed by atoms with Crippen LogP contribution >= 0.6 is 0 Å². The number of nitrogens with zero attached hydrogens (tertiary/aromatic N) is 2. The van der Waals surface area contributed by atoms with Crippen LogP contribution in [0.4, 0.5) is 10.5 Å². The van der Waals surface area contributed by atoms with E-state index in [1.165, 1.54) is 5.69 Å². The molecule has 7 heteroatoms. The number of carbonyl (C=O) groups excluding carboxylic acids is 2. The molecule has 0 radical (unpaired) electrons. The molecule has 0 bridgehead atoms. The molecule has 2 N–H and O–H groups in total. The van der Waals surface area contributed by atoms with E-state index in [1.54, 1.807) is 27.8 Å². The second-order valence-electron chi connectivity index (χ2n) is 7.44. The van der Waals surface area contributed by atoms with Crippen LogP contribution in [0.3, 0.4) is 0 Å². The van der Waals surface area contributed by atoms with Gasteiger partial charge in [-0.05, 0) is 32.9 Å². The van der Waals surface area contributed by atoms with Gasteiger partial charge in [0.25, 0.3) is 0 Å². The van der Waals surface area contributed by atoms with Crippen molar-refractivity contribution in [3.63, 3.8) is 0 Å². The van der Waals surface area contributed by atoms with Crippen LogP contribution in [0.25, 0.3) is 0 Å². The first-order chi connectivity index (χ1) is 12.3. The SMILES string of the molecule is CNC(=O)[C@H](CN1CCN(c2ccccc2)CC1)NC(=O)OC(C)(C)C. The quantitative estimate of drug-likeness (QED) is 0.829. The van der Waals surface area contributed by atoms with Crippen LogP contribution in [-0.4, -0.2) is 68.3 Å². The largest absolute Gasteiger partial charge is 0.444 e. The molecule has 144 valence electrons. The number of rotatable bonds is 5. The number of nitrogens with one attached hydrogen (secondary N) is 2. The molecule has 0 spiro atoms. The second-order valence-corrected chi connectivity index (χ2v) is 7.44. The molecule has 0 unspecified atom stereocenters. The maximum atomic E-state index is 12.2. The van der Waals surface area contributed by atoms with E-state index in [1.807, 2.05) is 18.2 Å². The van der Waals surface area contributed by atoms with Gasteiger partial charge in [0.2, 0.25) is 5.91 Å². The van der Waals surface area contributed by atoms with E-state index in [0.29, 0.717) is 6.54 Å². The topological polar surface area (TPSA) is 73.9 Å². The molecule has 1 aromatic carbocycles. The van der Waals surface area contributed by atoms with Crippen molar-refractivity contribution in [2.45, 2.75) is 32.4 Å². The van der Waals surface area contributed by atoms with E-state index >= 15 is 0 Å². The lowest BCUT2D eigenvalue weighted by molar-refractivity contribution is -0.123. The van der Waals surface area contributed by atoms with Crippen LogP contribution in [-0.2, 0) is 9.53 Å². The summed E-state index contributed by atoms with van der Waals surface area (Å²) in [5.74, 6) is -0.221. The van der Waals surface area contributed by atoms with E-state index < -0.39 is 17.7 Å². The molecule has 1 aliphatic rings. The summed E-state index contributed by atoms with van der Waals surface area (Å²) in [5.41, 5.74) is 0.611. The summed E-state index contributed by atoms with van der Waals surface area (Å²) in [7, 11) is 1.57. The molecule has 1 aromatic rings. The summed E-state index contributed by atoms with van der Waals surface area (Å²) < 4.78 is 5.27. The van der Waals surface area contributed by atoms with E-state index in [0.717, 1.165) is 26.2 Å². The number of amides is 2. The third-order valence-corrected chi connectivity index (χ3v) is 4.19. The minimum absolute atomic E-state index is 0.221. The molecule has 7 nitrogen and oxygen atoms in total. The van der Waals surface area contributed by atoms with Gasteiger partial charge in [0.05, 0.1) is 0 Å². The molecule has 0 aromatic heterocycles. The highest BCUT2D eigenvalue weighted by molar-refractivity contribution is 5.85. The van der Waals surface area contributed by atoms with Crippen LogP contribution < -0.4 is 15.5 Å². The van der Waals surface area contributed by atoms with Crippen molar-refractivity contribution < 1.29 is 14.3 Å². The Morgan fingerprint density at radius 2 is 1.73 bits per heavy atom. The van der Waals surface area contributed by atoms with Crippen LogP contribution in [0.15, 0.2) is 30.3 Å². The molecule has 0 aliphatic carbocycles. The molecule has 2 amide bonds. The van der Waals surface area contributed by atoms with Gasteiger partial charge in [-0.2, -0.15) is 0 Å². The molecular weight excluding hydrogens is 332 g/mol. The third kappa shape index (κ3) is 6.22. The number of para-hydroxylation sites is 1. The molecule has 2 rings (SSSR count). The normalized spacial score (nSPS) is 16.7. The summed E-state index contributed by atoms with van der Waals surface area (Å²) in [4.78, 5) is 28.7. The summed E-state index contributed by atoms with van der Waals surface area (Å²) >= 11 is 0. The first kappa shape index (κ1) is 20.0. The predicted molar refractivity (Wildman–Crippen MR) is 102 cm³/mol. The van der Waals surface area contributed by atoms with Gasteiger partial charge in [0.1, 0.15) is 11.6 Å². The molecule has 1 saturated heterocycles. The van der Waals surface area contributed by atoms with Gasteiger partial charge in [-0.25, -0.2) is 4.79 Å². The van der Waals surface area contributed by atoms with Crippen LogP contribution in [0, 0.1) is 0 Å². The lowest BCUT2D eigenvalue weighted by Crippen LogP contribution is -2.56. The fraction of sp³-hybridized carbons (Fsp3) is 0.579. The zero-order valence-corrected chi connectivity index (χ0v) is 16.1. The van der Waals surface area contributed by atoms with Gasteiger partial charge in [0.15, 0.2) is 0 Å². The molecule has 1 heterocycles. The molecule has 0 saturated carbocycles. The first-order valence-corrected chi connectivity index (χ1v) is 9.02. The smallest absolute Gasteiger partial charge is 0.408 e. The summed E-state index contributed by atoms with van der Waals surface area (Å²) in [5, 5.41) is 5.30. The highest BCUT2D eigenvalue weighted by atomic mass is 16.6. The van der Waals surface area contributed by atoms with Crippen LogP contribution in [0.5, 0.6) is 0 Å². The minimum Gasteiger partial charge on any atom is -0.444 e. The highest BCUT2D eigenvalue weighted by Gasteiger charge is 2.27. The van der Waals surface area contributed by atoms with Crippen LogP contribution in [0.1, 0.15) is 20.8 Å². The number of alkyl carbamates (subject to hydrolysis) is 1. The van der Waals surface area contributed by atoms with Crippen molar-refractivity contribution in [1.29, 1.82) is 0 Å². The molecule has 1 atom stereocenters. The zero-order valence-electron chi connectivity index (χ0n) is 16.1. The van der Waals surface area contributed by atoms with Gasteiger partial charge in [-0.1, -0.05) is 18.2 Å². The summed E-state index contributed by atoms with van der Waals surface area (Å²) in [6, 6.07) is 9.65. The maximum Gasteiger partial charge on any atom is 0.408 e. The van der Waals surface area contributed by atoms with Crippen molar-refractivity contribution in [1.82, 2.24) is 15.5 Å². The minimum atomic E-state index is -0.641. The lowest BCUT2D eigenvalue weighted by atomic mass is 10.2. The number of anilines is 1. The number of hydrogen-bond acceptors (Lipinski definition) is 5. The number of ether oxygens (including phenoxy) is 1. The monoisotopic (exact) mass is 362 g/mol. The van der Waals surface area contributed by atoms with Crippen molar-refractivity contribution in [2.75, 3.05) is 44.7 Å². The van der Waals surface area contributed by atoms with Crippen LogP contribution in [0.2, 0.25) is 0 Å². The Bertz CT molecular complexity index is 593. The highest BCUT2D eigenvalue weighted by Crippen LogP contribution is 2.15. The fourth-order valence-corrected chi connectivity index (χ4v) is 2.90. The van der Waals surface area contributed by atoms with Gasteiger partial charge in [-0.15, -0.1) is 0 Å². The van der Waals surface area contributed by atoms with E-state index in [-0.39, 0.29) is 5.91 Å². The van der Waals surface area contributed by atoms with Crippen molar-refractivity contribution in [3.05, 3.63) is 30.3 Å². The number of benzene rings is 1. The average Bonchev–Trinajstić information content (AvgIpc) is 2.60. The summed E-state index contributed by atoms with van der Waals surface area (Å²) in [6.07, 6.45) is -0.575. The van der Waals surface area contributed by atoms with Crippen molar-refractivity contribution >= 4 is 17.7 Å². The summed E-state index contributed by atoms with van der Waals surface area (Å²) in [6.45, 7) is 9.28. The zero-order chi connectivity index (χ0) is 19.2. The average molecular weight is 362 g/mol. The second kappa shape index (κ2) is 8.89. The molecule has 26 heavy (non-hydrogen) atoms. The lowest BCUT2D eigenvalue weighted by Gasteiger charge is -2.37. The molecule has 1 aliphatic heterocycles. The Balaban J connectivity index is 1.89. The van der Waals surface area contributed by atoms with E-state index in [9.17, 15) is 9.59 Å².